The molecule has 5 heteroatoms. The number of quaternary nitrogens is 1. The Hall–Kier alpha value is -0.670. The molecular weight excluding hydrogens is 286 g/mol. The highest BCUT2D eigenvalue weighted by molar-refractivity contribution is 4.70. The van der Waals surface area contributed by atoms with Crippen molar-refractivity contribution in [2.45, 2.75) is 45.4 Å². The van der Waals surface area contributed by atoms with E-state index in [0.29, 0.717) is 6.42 Å². The Morgan fingerprint density at radius 2 is 2.04 bits per heavy atom. The van der Waals surface area contributed by atoms with Gasteiger partial charge in [-0.2, -0.15) is 5.26 Å². The first kappa shape index (κ1) is 18.7. The van der Waals surface area contributed by atoms with Crippen LogP contribution in [0.2, 0.25) is 0 Å². The van der Waals surface area contributed by atoms with Crippen LogP contribution >= 0.6 is 0 Å². The Balaban J connectivity index is 1.94. The van der Waals surface area contributed by atoms with Crippen molar-refractivity contribution in [3.05, 3.63) is 0 Å². The number of hydrogen-bond acceptors (Lipinski definition) is 4. The highest BCUT2D eigenvalue weighted by atomic mass is 15.5. The van der Waals surface area contributed by atoms with E-state index < -0.39 is 0 Å². The quantitative estimate of drug-likeness (QED) is 0.573. The van der Waals surface area contributed by atoms with Crippen molar-refractivity contribution >= 4 is 0 Å². The van der Waals surface area contributed by atoms with Gasteiger partial charge < -0.3 is 9.80 Å². The summed E-state index contributed by atoms with van der Waals surface area (Å²) in [6, 6.07) is 2.33. The van der Waals surface area contributed by atoms with Gasteiger partial charge in [-0.3, -0.25) is 9.80 Å². The van der Waals surface area contributed by atoms with Crippen molar-refractivity contribution in [2.24, 2.45) is 0 Å². The van der Waals surface area contributed by atoms with E-state index in [1.54, 1.807) is 0 Å². The van der Waals surface area contributed by atoms with Crippen LogP contribution < -0.4 is 5.32 Å². The fourth-order valence-electron chi connectivity index (χ4n) is 4.03. The van der Waals surface area contributed by atoms with Gasteiger partial charge in [-0.1, -0.05) is 19.8 Å². The molecule has 2 unspecified atom stereocenters. The van der Waals surface area contributed by atoms with Crippen LogP contribution in [-0.4, -0.2) is 80.0 Å². The van der Waals surface area contributed by atoms with E-state index in [4.69, 9.17) is 5.26 Å². The van der Waals surface area contributed by atoms with Gasteiger partial charge >= 0.3 is 0 Å². The number of nitrogens with zero attached hydrogens (tertiary/aromatic N) is 4. The van der Waals surface area contributed by atoms with Crippen molar-refractivity contribution < 1.29 is 4.48 Å². The predicted octanol–water partition coefficient (Wildman–Crippen LogP) is 1.82. The first-order valence-electron chi connectivity index (χ1n) is 9.65. The number of nitriles is 1. The number of hydrogen-bond donors (Lipinski definition) is 1. The Morgan fingerprint density at radius 3 is 2.87 bits per heavy atom. The average molecular weight is 323 g/mol. The maximum atomic E-state index is 8.88. The zero-order valence-corrected chi connectivity index (χ0v) is 15.1. The summed E-state index contributed by atoms with van der Waals surface area (Å²) in [5.74, 6) is 0. The normalized spacial score (nSPS) is 29.8. The van der Waals surface area contributed by atoms with Crippen LogP contribution in [0.5, 0.6) is 0 Å². The van der Waals surface area contributed by atoms with E-state index in [1.807, 2.05) is 0 Å². The monoisotopic (exact) mass is 322 g/mol. The van der Waals surface area contributed by atoms with Crippen molar-refractivity contribution in [2.75, 3.05) is 65.7 Å². The summed E-state index contributed by atoms with van der Waals surface area (Å²) in [5, 5.41) is 12.5. The van der Waals surface area contributed by atoms with Crippen LogP contribution in [0.3, 0.4) is 0 Å². The average Bonchev–Trinajstić information content (AvgIpc) is 2.56. The van der Waals surface area contributed by atoms with Gasteiger partial charge in [-0.25, -0.2) is 0 Å². The zero-order chi connectivity index (χ0) is 16.4. The van der Waals surface area contributed by atoms with E-state index >= 15 is 0 Å². The van der Waals surface area contributed by atoms with Gasteiger partial charge in [0.2, 0.25) is 0 Å². The van der Waals surface area contributed by atoms with Crippen LogP contribution in [0.25, 0.3) is 0 Å². The molecule has 2 saturated heterocycles. The first-order valence-corrected chi connectivity index (χ1v) is 9.65. The molecule has 2 atom stereocenters. The van der Waals surface area contributed by atoms with E-state index in [-0.39, 0.29) is 0 Å². The fraction of sp³-hybridized carbons (Fsp3) is 0.944. The van der Waals surface area contributed by atoms with E-state index in [1.165, 1.54) is 82.6 Å². The lowest BCUT2D eigenvalue weighted by Gasteiger charge is -2.47. The van der Waals surface area contributed by atoms with Crippen LogP contribution in [0.1, 0.15) is 45.4 Å². The summed E-state index contributed by atoms with van der Waals surface area (Å²) in [7, 11) is 0. The first-order chi connectivity index (χ1) is 11.3. The van der Waals surface area contributed by atoms with Crippen molar-refractivity contribution in [1.29, 1.82) is 5.26 Å². The van der Waals surface area contributed by atoms with Gasteiger partial charge in [-0.05, 0) is 13.0 Å². The zero-order valence-electron chi connectivity index (χ0n) is 15.1. The predicted molar refractivity (Wildman–Crippen MR) is 94.7 cm³/mol. The third-order valence-corrected chi connectivity index (χ3v) is 5.44. The summed E-state index contributed by atoms with van der Waals surface area (Å²) in [5.41, 5.74) is 0. The van der Waals surface area contributed by atoms with E-state index in [9.17, 15) is 0 Å². The molecule has 0 spiro atoms. The van der Waals surface area contributed by atoms with Crippen LogP contribution in [0, 0.1) is 11.3 Å². The second-order valence-corrected chi connectivity index (χ2v) is 7.37. The highest BCUT2D eigenvalue weighted by Crippen LogP contribution is 2.19. The Bertz CT molecular complexity index is 367. The summed E-state index contributed by atoms with van der Waals surface area (Å²) in [6.07, 6.45) is 7.03. The molecule has 0 saturated carbocycles. The summed E-state index contributed by atoms with van der Waals surface area (Å²) in [6.45, 7) is 14.2. The summed E-state index contributed by atoms with van der Waals surface area (Å²) >= 11 is 0. The molecule has 0 aromatic rings. The molecule has 1 N–H and O–H groups in total. The number of nitrogens with one attached hydrogen (secondary N) is 1. The van der Waals surface area contributed by atoms with Crippen molar-refractivity contribution in [3.63, 3.8) is 0 Å². The molecule has 0 aliphatic carbocycles. The van der Waals surface area contributed by atoms with Crippen LogP contribution in [-0.2, 0) is 0 Å². The molecule has 0 aromatic heterocycles. The highest BCUT2D eigenvalue weighted by Gasteiger charge is 2.33. The third kappa shape index (κ3) is 6.39. The lowest BCUT2D eigenvalue weighted by Crippen LogP contribution is -2.63. The molecule has 2 heterocycles. The molecular formula is C18H36N5+. The molecule has 2 fully saturated rings. The lowest BCUT2D eigenvalue weighted by atomic mass is 10.1. The van der Waals surface area contributed by atoms with Gasteiger partial charge in [0.15, 0.2) is 0 Å². The molecule has 0 aromatic carbocycles. The molecule has 2 bridgehead atoms. The maximum absolute atomic E-state index is 8.88. The minimum absolute atomic E-state index is 0.710. The maximum Gasteiger partial charge on any atom is 0.135 e. The Morgan fingerprint density at radius 1 is 1.13 bits per heavy atom. The smallest absolute Gasteiger partial charge is 0.135 e. The summed E-state index contributed by atoms with van der Waals surface area (Å²) in [4.78, 5) is 5.25. The molecule has 0 radical (unpaired) electrons. The minimum Gasteiger partial charge on any atom is -0.310 e. The largest absolute Gasteiger partial charge is 0.310 e. The molecule has 23 heavy (non-hydrogen) atoms. The molecule has 2 aliphatic rings. The second kappa shape index (κ2) is 10.2. The number of rotatable bonds is 7. The molecule has 0 amide bonds. The molecule has 2 rings (SSSR count). The van der Waals surface area contributed by atoms with Gasteiger partial charge in [-0.15, -0.1) is 0 Å². The third-order valence-electron chi connectivity index (χ3n) is 5.44. The van der Waals surface area contributed by atoms with Gasteiger partial charge in [0.05, 0.1) is 25.7 Å². The van der Waals surface area contributed by atoms with Crippen molar-refractivity contribution in [3.8, 4) is 6.07 Å². The van der Waals surface area contributed by atoms with Crippen LogP contribution in [0.15, 0.2) is 0 Å². The van der Waals surface area contributed by atoms with E-state index in [2.05, 4.69) is 28.1 Å². The Kier molecular flexibility index (Phi) is 8.32. The van der Waals surface area contributed by atoms with Gasteiger partial charge in [0, 0.05) is 52.1 Å². The molecule has 2 aliphatic heterocycles. The van der Waals surface area contributed by atoms with Gasteiger partial charge in [0.25, 0.3) is 0 Å². The van der Waals surface area contributed by atoms with E-state index in [0.717, 1.165) is 19.6 Å². The Labute approximate surface area is 142 Å². The van der Waals surface area contributed by atoms with Crippen molar-refractivity contribution in [1.82, 2.24) is 15.1 Å². The standard InChI is InChI=1S/C18H36N5/c1-2-3-5-10-21-13-16-23(14-6-4-8-19)15-7-11-22(18-23)12-9-20-17-21/h20H,2-7,9-18H2,1H3/q+1. The number of fused-ring (bicyclic) bond motifs is 2. The second-order valence-electron chi connectivity index (χ2n) is 7.37. The minimum atomic E-state index is 0.710. The lowest BCUT2D eigenvalue weighted by molar-refractivity contribution is -0.942. The molecule has 132 valence electrons. The fourth-order valence-corrected chi connectivity index (χ4v) is 4.03. The number of unbranched alkanes of at least 4 members (excludes halogenated alkanes) is 3. The van der Waals surface area contributed by atoms with Gasteiger partial charge in [0.1, 0.15) is 6.67 Å². The SMILES string of the molecule is CCCCCN1CC[N+]2(CCCC#N)CCCN(CCNC1)C2. The van der Waals surface area contributed by atoms with Crippen LogP contribution in [0.4, 0.5) is 0 Å². The molecule has 5 nitrogen and oxygen atoms in total. The summed E-state index contributed by atoms with van der Waals surface area (Å²) < 4.78 is 1.21. The topological polar surface area (TPSA) is 42.3 Å².